The van der Waals surface area contributed by atoms with Crippen LogP contribution >= 0.6 is 0 Å². The van der Waals surface area contributed by atoms with E-state index in [4.69, 9.17) is 5.73 Å². The average molecular weight is 303 g/mol. The fraction of sp³-hybridized carbons (Fsp3) is 0.400. The van der Waals surface area contributed by atoms with Crippen LogP contribution in [-0.4, -0.2) is 44.3 Å². The van der Waals surface area contributed by atoms with E-state index in [1.165, 1.54) is 6.33 Å². The van der Waals surface area contributed by atoms with Crippen LogP contribution in [0.3, 0.4) is 0 Å². The fourth-order valence-electron chi connectivity index (χ4n) is 2.96. The molecule has 1 amide bonds. The molecule has 1 aliphatic heterocycles. The van der Waals surface area contributed by atoms with Gasteiger partial charge in [-0.3, -0.25) is 9.69 Å². The summed E-state index contributed by atoms with van der Waals surface area (Å²) < 4.78 is 15.2. The number of likely N-dealkylation sites (tertiary alicyclic amines) is 1. The van der Waals surface area contributed by atoms with Gasteiger partial charge in [-0.25, -0.2) is 14.1 Å². The second kappa shape index (κ2) is 5.84. The molecule has 116 valence electrons. The first kappa shape index (κ1) is 14.6. The molecule has 7 heteroatoms. The zero-order chi connectivity index (χ0) is 15.7. The maximum Gasteiger partial charge on any atom is 0.234 e. The number of halogens is 1. The monoisotopic (exact) mass is 303 g/mol. The van der Waals surface area contributed by atoms with Crippen molar-refractivity contribution in [1.82, 2.24) is 19.7 Å². The zero-order valence-electron chi connectivity index (χ0n) is 12.3. The number of rotatable bonds is 4. The first-order valence-electron chi connectivity index (χ1n) is 7.16. The van der Waals surface area contributed by atoms with Crippen LogP contribution < -0.4 is 5.73 Å². The second-order valence-electron chi connectivity index (χ2n) is 5.64. The van der Waals surface area contributed by atoms with Crippen LogP contribution in [0.4, 0.5) is 4.39 Å². The highest BCUT2D eigenvalue weighted by Crippen LogP contribution is 2.24. The Morgan fingerprint density at radius 1 is 1.50 bits per heavy atom. The summed E-state index contributed by atoms with van der Waals surface area (Å²) in [5.74, 6) is -0.462. The zero-order valence-corrected chi connectivity index (χ0v) is 12.3. The SMILES string of the molecule is Cc1cc(CN2C[C@H](F)C[C@H]2C(N)=O)ccc1-n1cncn1. The van der Waals surface area contributed by atoms with Crippen molar-refractivity contribution >= 4 is 5.91 Å². The summed E-state index contributed by atoms with van der Waals surface area (Å²) in [5, 5.41) is 4.11. The Labute approximate surface area is 127 Å². The molecule has 2 heterocycles. The number of hydrogen-bond acceptors (Lipinski definition) is 4. The number of nitrogens with zero attached hydrogens (tertiary/aromatic N) is 4. The van der Waals surface area contributed by atoms with Crippen LogP contribution in [0.1, 0.15) is 17.5 Å². The van der Waals surface area contributed by atoms with Gasteiger partial charge in [0.05, 0.1) is 11.7 Å². The third-order valence-electron chi connectivity index (χ3n) is 3.99. The molecule has 2 aromatic rings. The van der Waals surface area contributed by atoms with E-state index in [1.807, 2.05) is 25.1 Å². The molecular formula is C15H18FN5O. The highest BCUT2D eigenvalue weighted by atomic mass is 19.1. The lowest BCUT2D eigenvalue weighted by Gasteiger charge is -2.21. The standard InChI is InChI=1S/C15H18FN5O/c1-10-4-11(2-3-13(10)21-9-18-8-19-21)6-20-7-12(16)5-14(20)15(17)22/h2-4,8-9,12,14H,5-7H2,1H3,(H2,17,22)/t12-,14+/m1/s1. The van der Waals surface area contributed by atoms with E-state index in [1.54, 1.807) is 15.9 Å². The molecule has 0 unspecified atom stereocenters. The molecular weight excluding hydrogens is 285 g/mol. The van der Waals surface area contributed by atoms with Crippen LogP contribution in [0.15, 0.2) is 30.9 Å². The van der Waals surface area contributed by atoms with E-state index < -0.39 is 18.1 Å². The maximum atomic E-state index is 13.5. The Morgan fingerprint density at radius 2 is 2.32 bits per heavy atom. The van der Waals surface area contributed by atoms with Gasteiger partial charge in [0.15, 0.2) is 0 Å². The molecule has 1 saturated heterocycles. The summed E-state index contributed by atoms with van der Waals surface area (Å²) in [7, 11) is 0. The smallest absolute Gasteiger partial charge is 0.234 e. The van der Waals surface area contributed by atoms with E-state index in [0.717, 1.165) is 16.8 Å². The topological polar surface area (TPSA) is 77.0 Å². The molecule has 1 aromatic heterocycles. The van der Waals surface area contributed by atoms with E-state index in [0.29, 0.717) is 6.54 Å². The molecule has 0 saturated carbocycles. The Kier molecular flexibility index (Phi) is 3.89. The molecule has 22 heavy (non-hydrogen) atoms. The number of aryl methyl sites for hydroxylation is 1. The first-order chi connectivity index (χ1) is 10.5. The predicted molar refractivity (Wildman–Crippen MR) is 79.0 cm³/mol. The van der Waals surface area contributed by atoms with E-state index in [2.05, 4.69) is 10.1 Å². The Hall–Kier alpha value is -2.28. The van der Waals surface area contributed by atoms with Gasteiger partial charge in [0.2, 0.25) is 5.91 Å². The summed E-state index contributed by atoms with van der Waals surface area (Å²) in [6, 6.07) is 5.39. The summed E-state index contributed by atoms with van der Waals surface area (Å²) in [5.41, 5.74) is 8.35. The van der Waals surface area contributed by atoms with Gasteiger partial charge < -0.3 is 5.73 Å². The van der Waals surface area contributed by atoms with Crippen molar-refractivity contribution < 1.29 is 9.18 Å². The third kappa shape index (κ3) is 2.85. The van der Waals surface area contributed by atoms with Gasteiger partial charge in [-0.1, -0.05) is 12.1 Å². The van der Waals surface area contributed by atoms with Gasteiger partial charge in [-0.05, 0) is 24.1 Å². The highest BCUT2D eigenvalue weighted by Gasteiger charge is 2.35. The van der Waals surface area contributed by atoms with Crippen molar-refractivity contribution in [1.29, 1.82) is 0 Å². The van der Waals surface area contributed by atoms with Crippen molar-refractivity contribution in [3.05, 3.63) is 42.0 Å². The van der Waals surface area contributed by atoms with E-state index in [9.17, 15) is 9.18 Å². The third-order valence-corrected chi connectivity index (χ3v) is 3.99. The second-order valence-corrected chi connectivity index (χ2v) is 5.64. The summed E-state index contributed by atoms with van der Waals surface area (Å²) in [4.78, 5) is 17.2. The first-order valence-corrected chi connectivity index (χ1v) is 7.16. The normalized spacial score (nSPS) is 22.1. The Morgan fingerprint density at radius 3 is 2.95 bits per heavy atom. The van der Waals surface area contributed by atoms with Gasteiger partial charge in [-0.2, -0.15) is 5.10 Å². The number of hydrogen-bond donors (Lipinski definition) is 1. The van der Waals surface area contributed by atoms with E-state index in [-0.39, 0.29) is 13.0 Å². The molecule has 0 radical (unpaired) electrons. The van der Waals surface area contributed by atoms with Gasteiger partial charge in [0.1, 0.15) is 18.8 Å². The van der Waals surface area contributed by atoms with Crippen LogP contribution in [0.5, 0.6) is 0 Å². The van der Waals surface area contributed by atoms with Crippen LogP contribution in [0.2, 0.25) is 0 Å². The summed E-state index contributed by atoms with van der Waals surface area (Å²) >= 11 is 0. The highest BCUT2D eigenvalue weighted by molar-refractivity contribution is 5.80. The number of nitrogens with two attached hydrogens (primary N) is 1. The lowest BCUT2D eigenvalue weighted by atomic mass is 10.1. The van der Waals surface area contributed by atoms with Gasteiger partial charge in [-0.15, -0.1) is 0 Å². The lowest BCUT2D eigenvalue weighted by molar-refractivity contribution is -0.122. The van der Waals surface area contributed by atoms with E-state index >= 15 is 0 Å². The quantitative estimate of drug-likeness (QED) is 0.913. The molecule has 6 nitrogen and oxygen atoms in total. The van der Waals surface area contributed by atoms with Gasteiger partial charge in [0.25, 0.3) is 0 Å². The number of alkyl halides is 1. The van der Waals surface area contributed by atoms with Crippen molar-refractivity contribution in [2.45, 2.75) is 32.1 Å². The minimum Gasteiger partial charge on any atom is -0.368 e. The van der Waals surface area contributed by atoms with Crippen LogP contribution in [-0.2, 0) is 11.3 Å². The lowest BCUT2D eigenvalue weighted by Crippen LogP contribution is -2.39. The van der Waals surface area contributed by atoms with Crippen LogP contribution in [0, 0.1) is 6.92 Å². The molecule has 2 atom stereocenters. The molecule has 1 fully saturated rings. The van der Waals surface area contributed by atoms with Crippen LogP contribution in [0.25, 0.3) is 5.69 Å². The van der Waals surface area contributed by atoms with Gasteiger partial charge in [0, 0.05) is 19.5 Å². The molecule has 0 aliphatic carbocycles. The average Bonchev–Trinajstić information content (AvgIpc) is 3.09. The predicted octanol–water partition coefficient (Wildman–Crippen LogP) is 0.973. The number of amides is 1. The van der Waals surface area contributed by atoms with Crippen molar-refractivity contribution in [3.8, 4) is 5.69 Å². The summed E-state index contributed by atoms with van der Waals surface area (Å²) in [6.45, 7) is 2.73. The Balaban J connectivity index is 1.79. The largest absolute Gasteiger partial charge is 0.368 e. The molecule has 1 aliphatic rings. The number of carbonyl (C=O) groups excluding carboxylic acids is 1. The number of aromatic nitrogens is 3. The molecule has 0 bridgehead atoms. The summed E-state index contributed by atoms with van der Waals surface area (Å²) in [6.07, 6.45) is 2.31. The molecule has 3 rings (SSSR count). The molecule has 2 N–H and O–H groups in total. The molecule has 1 aromatic carbocycles. The minimum absolute atomic E-state index is 0.186. The van der Waals surface area contributed by atoms with Crippen molar-refractivity contribution in [2.24, 2.45) is 5.73 Å². The number of primary amides is 1. The number of carbonyl (C=O) groups is 1. The Bertz CT molecular complexity index is 673. The number of benzene rings is 1. The van der Waals surface area contributed by atoms with Gasteiger partial charge >= 0.3 is 0 Å². The fourth-order valence-corrected chi connectivity index (χ4v) is 2.96. The molecule has 0 spiro atoms. The maximum absolute atomic E-state index is 13.5. The minimum atomic E-state index is -0.993. The van der Waals surface area contributed by atoms with Crippen molar-refractivity contribution in [3.63, 3.8) is 0 Å². The van der Waals surface area contributed by atoms with Crippen molar-refractivity contribution in [2.75, 3.05) is 6.54 Å².